The molecule has 182 valence electrons. The fourth-order valence-electron chi connectivity index (χ4n) is 3.81. The number of alkyl halides is 3. The first-order valence-corrected chi connectivity index (χ1v) is 10.4. The number of amides is 2. The van der Waals surface area contributed by atoms with Crippen LogP contribution in [0.15, 0.2) is 36.4 Å². The number of carbonyl (C=O) groups excluding carboxylic acids is 2. The number of aryl methyl sites for hydroxylation is 1. The van der Waals surface area contributed by atoms with E-state index >= 15 is 0 Å². The number of H-pyrrole nitrogens is 1. The van der Waals surface area contributed by atoms with Gasteiger partial charge in [-0.15, -0.1) is 0 Å². The molecule has 3 N–H and O–H groups in total. The molecule has 2 heterocycles. The predicted molar refractivity (Wildman–Crippen MR) is 119 cm³/mol. The first-order valence-electron chi connectivity index (χ1n) is 10.4. The molecule has 0 aliphatic carbocycles. The van der Waals surface area contributed by atoms with E-state index in [-0.39, 0.29) is 22.9 Å². The number of nitrogens with zero attached hydrogens (tertiary/aromatic N) is 3. The second kappa shape index (κ2) is 8.85. The third-order valence-corrected chi connectivity index (χ3v) is 5.56. The standard InChI is InChI=1S/C23H20F4N6O2/c1-11-19(22(35)29-10-13-8-14(23(25,26)27)5-7-16(13)24)33(3)20(30-11)12-4-6-15-17(9-12)31-32-18(15)21(34)28-2/h4-9H,10H2,1-3H3,(H,28,34)(H,29,35)(H,31,32). The van der Waals surface area contributed by atoms with Crippen LogP contribution in [-0.4, -0.2) is 38.6 Å². The maximum absolute atomic E-state index is 14.0. The van der Waals surface area contributed by atoms with Gasteiger partial charge in [0.25, 0.3) is 11.8 Å². The second-order valence-electron chi connectivity index (χ2n) is 7.83. The summed E-state index contributed by atoms with van der Waals surface area (Å²) in [6.07, 6.45) is -4.63. The summed E-state index contributed by atoms with van der Waals surface area (Å²) in [5.74, 6) is -1.38. The maximum Gasteiger partial charge on any atom is 0.416 e. The number of aromatic nitrogens is 4. The molecule has 2 aromatic heterocycles. The van der Waals surface area contributed by atoms with Gasteiger partial charge in [-0.3, -0.25) is 14.7 Å². The molecule has 8 nitrogen and oxygen atoms in total. The summed E-state index contributed by atoms with van der Waals surface area (Å²) in [4.78, 5) is 29.2. The Morgan fingerprint density at radius 1 is 1.11 bits per heavy atom. The van der Waals surface area contributed by atoms with Gasteiger partial charge in [0, 0.05) is 37.2 Å². The van der Waals surface area contributed by atoms with E-state index in [2.05, 4.69) is 25.8 Å². The summed E-state index contributed by atoms with van der Waals surface area (Å²) in [5, 5.41) is 12.4. The zero-order chi connectivity index (χ0) is 25.5. The van der Waals surface area contributed by atoms with Gasteiger partial charge in [0.05, 0.1) is 16.8 Å². The molecule has 2 amide bonds. The van der Waals surface area contributed by atoms with Gasteiger partial charge in [-0.2, -0.15) is 18.3 Å². The summed E-state index contributed by atoms with van der Waals surface area (Å²) >= 11 is 0. The van der Waals surface area contributed by atoms with Crippen LogP contribution in [0.5, 0.6) is 0 Å². The van der Waals surface area contributed by atoms with Crippen molar-refractivity contribution in [2.24, 2.45) is 7.05 Å². The van der Waals surface area contributed by atoms with E-state index in [1.165, 1.54) is 11.6 Å². The van der Waals surface area contributed by atoms with Gasteiger partial charge in [0.15, 0.2) is 5.69 Å². The average molecular weight is 488 g/mol. The normalized spacial score (nSPS) is 11.6. The van der Waals surface area contributed by atoms with Crippen LogP contribution in [0, 0.1) is 12.7 Å². The predicted octanol–water partition coefficient (Wildman–Crippen LogP) is 3.72. The summed E-state index contributed by atoms with van der Waals surface area (Å²) in [7, 11) is 3.12. The van der Waals surface area contributed by atoms with Crippen molar-refractivity contribution >= 4 is 22.7 Å². The highest BCUT2D eigenvalue weighted by Gasteiger charge is 2.31. The SMILES string of the molecule is CNC(=O)c1n[nH]c2cc(-c3nc(C)c(C(=O)NCc4cc(C(F)(F)F)ccc4F)n3C)ccc12. The molecule has 12 heteroatoms. The van der Waals surface area contributed by atoms with Crippen LogP contribution in [0.2, 0.25) is 0 Å². The van der Waals surface area contributed by atoms with E-state index < -0.39 is 30.0 Å². The van der Waals surface area contributed by atoms with Crippen molar-refractivity contribution in [3.8, 4) is 11.4 Å². The number of hydrogen-bond donors (Lipinski definition) is 3. The Bertz CT molecular complexity index is 1450. The van der Waals surface area contributed by atoms with Gasteiger partial charge >= 0.3 is 6.18 Å². The lowest BCUT2D eigenvalue weighted by atomic mass is 10.1. The molecule has 4 aromatic rings. The lowest BCUT2D eigenvalue weighted by molar-refractivity contribution is -0.137. The molecule has 0 atom stereocenters. The minimum atomic E-state index is -4.63. The third-order valence-electron chi connectivity index (χ3n) is 5.56. The van der Waals surface area contributed by atoms with Crippen LogP contribution in [0.3, 0.4) is 0 Å². The van der Waals surface area contributed by atoms with E-state index in [4.69, 9.17) is 0 Å². The number of benzene rings is 2. The summed E-state index contributed by atoms with van der Waals surface area (Å²) in [6.45, 7) is 1.18. The molecule has 2 aromatic carbocycles. The lowest BCUT2D eigenvalue weighted by Crippen LogP contribution is -2.26. The fraction of sp³-hybridized carbons (Fsp3) is 0.217. The molecule has 0 saturated carbocycles. The number of hydrogen-bond acceptors (Lipinski definition) is 4. The van der Waals surface area contributed by atoms with Crippen molar-refractivity contribution in [3.05, 3.63) is 70.4 Å². The third kappa shape index (κ3) is 4.46. The Kier molecular flexibility index (Phi) is 6.05. The van der Waals surface area contributed by atoms with Crippen LogP contribution < -0.4 is 10.6 Å². The van der Waals surface area contributed by atoms with E-state index in [1.54, 1.807) is 32.2 Å². The van der Waals surface area contributed by atoms with Gasteiger partial charge in [-0.05, 0) is 37.3 Å². The first kappa shape index (κ1) is 23.9. The molecule has 0 aliphatic heterocycles. The number of imidazole rings is 1. The van der Waals surface area contributed by atoms with Gasteiger partial charge in [0.1, 0.15) is 17.3 Å². The Morgan fingerprint density at radius 2 is 1.86 bits per heavy atom. The fourth-order valence-corrected chi connectivity index (χ4v) is 3.81. The van der Waals surface area contributed by atoms with E-state index in [1.807, 2.05) is 0 Å². The minimum absolute atomic E-state index is 0.170. The van der Waals surface area contributed by atoms with E-state index in [9.17, 15) is 27.2 Å². The summed E-state index contributed by atoms with van der Waals surface area (Å²) in [5.41, 5.74) is 0.724. The van der Waals surface area contributed by atoms with Gasteiger partial charge in [-0.1, -0.05) is 6.07 Å². The number of carbonyl (C=O) groups is 2. The van der Waals surface area contributed by atoms with Crippen molar-refractivity contribution < 1.29 is 27.2 Å². The number of halogens is 4. The number of aromatic amines is 1. The number of nitrogens with one attached hydrogen (secondary N) is 3. The summed E-state index contributed by atoms with van der Waals surface area (Å²) in [6, 6.07) is 7.20. The lowest BCUT2D eigenvalue weighted by Gasteiger charge is -2.11. The highest BCUT2D eigenvalue weighted by atomic mass is 19.4. The minimum Gasteiger partial charge on any atom is -0.354 e. The topological polar surface area (TPSA) is 105 Å². The van der Waals surface area contributed by atoms with Crippen molar-refractivity contribution in [1.82, 2.24) is 30.4 Å². The Hall–Kier alpha value is -4.22. The molecular weight excluding hydrogens is 468 g/mol. The van der Waals surface area contributed by atoms with Gasteiger partial charge in [-0.25, -0.2) is 9.37 Å². The molecule has 0 fully saturated rings. The Labute approximate surface area is 196 Å². The molecule has 0 bridgehead atoms. The van der Waals surface area contributed by atoms with Crippen molar-refractivity contribution in [2.45, 2.75) is 19.6 Å². The van der Waals surface area contributed by atoms with Crippen LogP contribution >= 0.6 is 0 Å². The molecule has 0 radical (unpaired) electrons. The van der Waals surface area contributed by atoms with Gasteiger partial charge < -0.3 is 15.2 Å². The Morgan fingerprint density at radius 3 is 2.54 bits per heavy atom. The highest BCUT2D eigenvalue weighted by molar-refractivity contribution is 6.05. The molecular formula is C23H20F4N6O2. The van der Waals surface area contributed by atoms with Crippen molar-refractivity contribution in [1.29, 1.82) is 0 Å². The number of fused-ring (bicyclic) bond motifs is 1. The molecule has 35 heavy (non-hydrogen) atoms. The van der Waals surface area contributed by atoms with Crippen LogP contribution in [0.1, 0.15) is 37.8 Å². The Balaban J connectivity index is 1.59. The van der Waals surface area contributed by atoms with Crippen LogP contribution in [-0.2, 0) is 19.8 Å². The average Bonchev–Trinajstić information content (AvgIpc) is 3.36. The highest BCUT2D eigenvalue weighted by Crippen LogP contribution is 2.30. The van der Waals surface area contributed by atoms with Gasteiger partial charge in [0.2, 0.25) is 0 Å². The van der Waals surface area contributed by atoms with E-state index in [0.29, 0.717) is 40.1 Å². The number of rotatable bonds is 5. The maximum atomic E-state index is 14.0. The quantitative estimate of drug-likeness (QED) is 0.373. The zero-order valence-corrected chi connectivity index (χ0v) is 18.8. The monoisotopic (exact) mass is 488 g/mol. The smallest absolute Gasteiger partial charge is 0.354 e. The molecule has 4 rings (SSSR count). The molecule has 0 spiro atoms. The zero-order valence-electron chi connectivity index (χ0n) is 18.8. The first-order chi connectivity index (χ1) is 16.5. The molecule has 0 saturated heterocycles. The second-order valence-corrected chi connectivity index (χ2v) is 7.83. The van der Waals surface area contributed by atoms with Crippen LogP contribution in [0.4, 0.5) is 17.6 Å². The largest absolute Gasteiger partial charge is 0.416 e. The van der Waals surface area contributed by atoms with Crippen molar-refractivity contribution in [2.75, 3.05) is 7.05 Å². The summed E-state index contributed by atoms with van der Waals surface area (Å²) < 4.78 is 54.4. The van der Waals surface area contributed by atoms with E-state index in [0.717, 1.165) is 6.07 Å². The molecule has 0 aliphatic rings. The van der Waals surface area contributed by atoms with Crippen molar-refractivity contribution in [3.63, 3.8) is 0 Å². The molecule has 0 unspecified atom stereocenters. The van der Waals surface area contributed by atoms with Crippen LogP contribution in [0.25, 0.3) is 22.3 Å².